The van der Waals surface area contributed by atoms with Crippen molar-refractivity contribution in [2.45, 2.75) is 401 Å². The third-order valence-corrected chi connectivity index (χ3v) is 19.8. The number of esters is 4. The Kier molecular flexibility index (Phi) is 64.0. The number of carbonyl (C=O) groups excluding carboxylic acids is 4. The summed E-state index contributed by atoms with van der Waals surface area (Å²) < 4.78 is 68.5. The van der Waals surface area contributed by atoms with E-state index in [9.17, 15) is 43.2 Å². The fraction of sp³-hybridized carbons (Fsp3) is 0.947. The molecule has 95 heavy (non-hydrogen) atoms. The molecule has 6 atom stereocenters. The molecular formula is C76H148O17P2. The molecule has 3 unspecified atom stereocenters. The maximum Gasteiger partial charge on any atom is 0.472 e. The molecule has 0 fully saturated rings. The van der Waals surface area contributed by atoms with E-state index in [-0.39, 0.29) is 25.7 Å². The lowest BCUT2D eigenvalue weighted by Crippen LogP contribution is -2.30. The molecule has 0 heterocycles. The minimum Gasteiger partial charge on any atom is -0.462 e. The van der Waals surface area contributed by atoms with Crippen molar-refractivity contribution in [3.63, 3.8) is 0 Å². The molecule has 0 amide bonds. The number of hydrogen-bond donors (Lipinski definition) is 3. The van der Waals surface area contributed by atoms with Crippen LogP contribution in [0.15, 0.2) is 0 Å². The van der Waals surface area contributed by atoms with Gasteiger partial charge in [-0.3, -0.25) is 37.3 Å². The van der Waals surface area contributed by atoms with Crippen LogP contribution in [0.25, 0.3) is 0 Å². The van der Waals surface area contributed by atoms with E-state index >= 15 is 0 Å². The molecule has 19 heteroatoms. The number of aliphatic hydroxyl groups is 1. The van der Waals surface area contributed by atoms with Crippen molar-refractivity contribution in [3.05, 3.63) is 0 Å². The van der Waals surface area contributed by atoms with E-state index in [1.807, 2.05) is 0 Å². The highest BCUT2D eigenvalue weighted by Gasteiger charge is 2.30. The second-order valence-electron chi connectivity index (χ2n) is 29.1. The maximum atomic E-state index is 13.1. The first-order chi connectivity index (χ1) is 45.6. The van der Waals surface area contributed by atoms with Gasteiger partial charge >= 0.3 is 39.5 Å². The molecule has 0 aliphatic rings. The molecule has 0 spiro atoms. The van der Waals surface area contributed by atoms with E-state index in [0.29, 0.717) is 31.6 Å². The van der Waals surface area contributed by atoms with Crippen LogP contribution in [0.5, 0.6) is 0 Å². The van der Waals surface area contributed by atoms with Crippen LogP contribution in [0.1, 0.15) is 383 Å². The van der Waals surface area contributed by atoms with Gasteiger partial charge in [-0.05, 0) is 49.4 Å². The summed E-state index contributed by atoms with van der Waals surface area (Å²) in [6.45, 7) is 14.2. The van der Waals surface area contributed by atoms with Crippen LogP contribution in [-0.2, 0) is 65.4 Å². The van der Waals surface area contributed by atoms with E-state index in [2.05, 4.69) is 55.4 Å². The van der Waals surface area contributed by atoms with Crippen LogP contribution >= 0.6 is 15.6 Å². The number of aliphatic hydroxyl groups excluding tert-OH is 1. The zero-order valence-electron chi connectivity index (χ0n) is 62.3. The standard InChI is InChI=1S/C76H148O17P2/c1-9-69(8)55-47-39-30-24-20-21-27-33-43-51-59-76(81)93-72(63-87-74(79)57-49-41-35-34-38-46-54-68(6)7)65-91-95(84,85)89-61-70(77)60-88-94(82,83)90-64-71(62-86-73(78)56-48-40-31-25-18-15-14-17-23-29-37-45-53-67(4)5)92-75(80)58-50-42-32-26-19-13-11-10-12-16-22-28-36-44-52-66(2)3/h66-72,77H,9-65H2,1-8H3,(H,82,83)(H,84,85)/t69?,70-,71-,72-/m1/s1. The summed E-state index contributed by atoms with van der Waals surface area (Å²) in [7, 11) is -9.91. The second kappa shape index (κ2) is 65.4. The van der Waals surface area contributed by atoms with Crippen molar-refractivity contribution in [1.82, 2.24) is 0 Å². The molecule has 0 aromatic rings. The first-order valence-electron chi connectivity index (χ1n) is 39.2. The Labute approximate surface area is 581 Å². The zero-order chi connectivity index (χ0) is 70.3. The molecule has 0 aliphatic carbocycles. The van der Waals surface area contributed by atoms with Crippen LogP contribution in [0, 0.1) is 23.7 Å². The third kappa shape index (κ3) is 69.0. The molecular weight excluding hydrogens is 1250 g/mol. The topological polar surface area (TPSA) is 237 Å². The van der Waals surface area contributed by atoms with Gasteiger partial charge in [0.25, 0.3) is 0 Å². The van der Waals surface area contributed by atoms with Crippen LogP contribution < -0.4 is 0 Å². The average Bonchev–Trinajstić information content (AvgIpc) is 2.11. The molecule has 0 radical (unpaired) electrons. The SMILES string of the molecule is CCC(C)CCCCCCCCCCCCC(=O)O[C@H](COC(=O)CCCCCCCCC(C)C)COP(=O)(O)OC[C@H](O)COP(=O)(O)OC[C@@H](COC(=O)CCCCCCCCCCCCCCC(C)C)OC(=O)CCCCCCCCCCCCCCCCC(C)C. The predicted octanol–water partition coefficient (Wildman–Crippen LogP) is 22.0. The number of rotatable bonds is 73. The van der Waals surface area contributed by atoms with Crippen molar-refractivity contribution in [2.24, 2.45) is 23.7 Å². The van der Waals surface area contributed by atoms with Gasteiger partial charge in [-0.1, -0.05) is 331 Å². The summed E-state index contributed by atoms with van der Waals surface area (Å²) >= 11 is 0. The Morgan fingerprint density at radius 2 is 0.505 bits per heavy atom. The highest BCUT2D eigenvalue weighted by molar-refractivity contribution is 7.47. The molecule has 0 rings (SSSR count). The van der Waals surface area contributed by atoms with Gasteiger partial charge in [-0.25, -0.2) is 9.13 Å². The molecule has 0 bridgehead atoms. The first kappa shape index (κ1) is 93.1. The van der Waals surface area contributed by atoms with Crippen LogP contribution in [0.2, 0.25) is 0 Å². The monoisotopic (exact) mass is 1400 g/mol. The summed E-state index contributed by atoms with van der Waals surface area (Å²) in [6, 6.07) is 0. The van der Waals surface area contributed by atoms with Crippen molar-refractivity contribution in [3.8, 4) is 0 Å². The number of hydrogen-bond acceptors (Lipinski definition) is 15. The number of phosphoric ester groups is 2. The second-order valence-corrected chi connectivity index (χ2v) is 32.0. The van der Waals surface area contributed by atoms with Gasteiger partial charge in [0.15, 0.2) is 12.2 Å². The van der Waals surface area contributed by atoms with Gasteiger partial charge in [-0.2, -0.15) is 0 Å². The Bertz CT molecular complexity index is 1870. The summed E-state index contributed by atoms with van der Waals surface area (Å²) in [6.07, 6.45) is 50.0. The molecule has 3 N–H and O–H groups in total. The Balaban J connectivity index is 5.25. The molecule has 0 aromatic carbocycles. The van der Waals surface area contributed by atoms with Crippen molar-refractivity contribution in [1.29, 1.82) is 0 Å². The van der Waals surface area contributed by atoms with Crippen molar-refractivity contribution in [2.75, 3.05) is 39.6 Å². The normalized spacial score (nSPS) is 14.4. The van der Waals surface area contributed by atoms with E-state index in [1.165, 1.54) is 180 Å². The summed E-state index contributed by atoms with van der Waals surface area (Å²) in [5.74, 6) is 0.937. The molecule has 0 saturated heterocycles. The van der Waals surface area contributed by atoms with Crippen LogP contribution in [0.3, 0.4) is 0 Å². The molecule has 564 valence electrons. The van der Waals surface area contributed by atoms with E-state index in [0.717, 1.165) is 114 Å². The lowest BCUT2D eigenvalue weighted by atomic mass is 9.99. The molecule has 0 aromatic heterocycles. The number of unbranched alkanes of at least 4 members (excludes halogenated alkanes) is 38. The van der Waals surface area contributed by atoms with Crippen molar-refractivity contribution >= 4 is 39.5 Å². The Hall–Kier alpha value is -1.94. The minimum absolute atomic E-state index is 0.105. The molecule has 17 nitrogen and oxygen atoms in total. The lowest BCUT2D eigenvalue weighted by Gasteiger charge is -2.21. The molecule has 0 saturated carbocycles. The Morgan fingerprint density at radius 1 is 0.295 bits per heavy atom. The smallest absolute Gasteiger partial charge is 0.462 e. The third-order valence-electron chi connectivity index (χ3n) is 17.9. The van der Waals surface area contributed by atoms with Gasteiger partial charge < -0.3 is 33.8 Å². The van der Waals surface area contributed by atoms with Crippen molar-refractivity contribution < 1.29 is 80.2 Å². The fourth-order valence-electron chi connectivity index (χ4n) is 11.5. The van der Waals surface area contributed by atoms with E-state index < -0.39 is 97.5 Å². The number of carbonyl (C=O) groups is 4. The van der Waals surface area contributed by atoms with Crippen LogP contribution in [-0.4, -0.2) is 96.7 Å². The number of ether oxygens (including phenoxy) is 4. The quantitative estimate of drug-likeness (QED) is 0.0222. The van der Waals surface area contributed by atoms with E-state index in [1.54, 1.807) is 0 Å². The summed E-state index contributed by atoms with van der Waals surface area (Å²) in [5.41, 5.74) is 0. The molecule has 0 aliphatic heterocycles. The van der Waals surface area contributed by atoms with Crippen LogP contribution in [0.4, 0.5) is 0 Å². The van der Waals surface area contributed by atoms with Gasteiger partial charge in [0.05, 0.1) is 26.4 Å². The van der Waals surface area contributed by atoms with E-state index in [4.69, 9.17) is 37.0 Å². The fourth-order valence-corrected chi connectivity index (χ4v) is 13.1. The summed E-state index contributed by atoms with van der Waals surface area (Å²) in [4.78, 5) is 72.8. The first-order valence-corrected chi connectivity index (χ1v) is 42.2. The van der Waals surface area contributed by atoms with Gasteiger partial charge in [0.1, 0.15) is 19.3 Å². The number of phosphoric acid groups is 2. The predicted molar refractivity (Wildman–Crippen MR) is 386 cm³/mol. The highest BCUT2D eigenvalue weighted by Crippen LogP contribution is 2.45. The van der Waals surface area contributed by atoms with Gasteiger partial charge in [0, 0.05) is 25.7 Å². The largest absolute Gasteiger partial charge is 0.472 e. The average molecular weight is 1400 g/mol. The Morgan fingerprint density at radius 3 is 0.747 bits per heavy atom. The summed E-state index contributed by atoms with van der Waals surface area (Å²) in [5, 5.41) is 10.6. The minimum atomic E-state index is -4.96. The maximum absolute atomic E-state index is 13.1. The lowest BCUT2D eigenvalue weighted by molar-refractivity contribution is -0.161. The zero-order valence-corrected chi connectivity index (χ0v) is 64.1. The highest BCUT2D eigenvalue weighted by atomic mass is 31.2. The van der Waals surface area contributed by atoms with Gasteiger partial charge in [-0.15, -0.1) is 0 Å². The van der Waals surface area contributed by atoms with Gasteiger partial charge in [0.2, 0.25) is 0 Å².